The summed E-state index contributed by atoms with van der Waals surface area (Å²) in [5, 5.41) is 16.9. The lowest BCUT2D eigenvalue weighted by Crippen LogP contribution is -2.35. The topological polar surface area (TPSA) is 92.0 Å². The maximum absolute atomic E-state index is 14.6. The number of aliphatic hydroxyl groups is 1. The average Bonchev–Trinajstić information content (AvgIpc) is 3.35. The van der Waals surface area contributed by atoms with Gasteiger partial charge in [-0.2, -0.15) is 5.10 Å². The maximum Gasteiger partial charge on any atom is 0.267 e. The Morgan fingerprint density at radius 1 is 1.31 bits per heavy atom. The average molecular weight is 447 g/mol. The molecule has 11 heteroatoms. The van der Waals surface area contributed by atoms with Crippen LogP contribution in [-0.4, -0.2) is 57.3 Å². The Balaban J connectivity index is 1.69. The SMILES string of the molecule is O=C1NCC(O)COc2ccc(CF)cc2C2CC(F)(F)CN2c2ccn3ncc1c3n2. The van der Waals surface area contributed by atoms with Crippen molar-refractivity contribution in [1.29, 1.82) is 0 Å². The highest BCUT2D eigenvalue weighted by Gasteiger charge is 2.47. The van der Waals surface area contributed by atoms with Crippen LogP contribution in [0.25, 0.3) is 5.65 Å². The van der Waals surface area contributed by atoms with Crippen LogP contribution in [0.15, 0.2) is 36.7 Å². The molecule has 0 aliphatic carbocycles. The van der Waals surface area contributed by atoms with Crippen molar-refractivity contribution in [3.8, 4) is 5.75 Å². The van der Waals surface area contributed by atoms with E-state index in [-0.39, 0.29) is 35.9 Å². The predicted octanol–water partition coefficient (Wildman–Crippen LogP) is 2.27. The van der Waals surface area contributed by atoms with Gasteiger partial charge in [0.2, 0.25) is 0 Å². The number of alkyl halides is 3. The number of carbonyl (C=O) groups is 1. The van der Waals surface area contributed by atoms with E-state index in [0.717, 1.165) is 0 Å². The fourth-order valence-corrected chi connectivity index (χ4v) is 4.14. The second kappa shape index (κ2) is 7.66. The molecule has 2 aliphatic heterocycles. The number of amides is 1. The molecule has 1 fully saturated rings. The molecule has 4 heterocycles. The van der Waals surface area contributed by atoms with E-state index in [1.54, 1.807) is 6.07 Å². The Kier molecular flexibility index (Phi) is 4.92. The van der Waals surface area contributed by atoms with E-state index in [1.165, 1.54) is 40.0 Å². The van der Waals surface area contributed by atoms with Crippen molar-refractivity contribution >= 4 is 17.4 Å². The van der Waals surface area contributed by atoms with Crippen LogP contribution in [0.5, 0.6) is 5.75 Å². The molecule has 0 spiro atoms. The third-order valence-electron chi connectivity index (χ3n) is 5.68. The maximum atomic E-state index is 14.6. The van der Waals surface area contributed by atoms with Crippen LogP contribution in [0.1, 0.15) is 33.9 Å². The van der Waals surface area contributed by atoms with E-state index in [4.69, 9.17) is 4.74 Å². The number of rotatable bonds is 1. The van der Waals surface area contributed by atoms with Crippen molar-refractivity contribution in [2.45, 2.75) is 31.2 Å². The predicted molar refractivity (Wildman–Crippen MR) is 108 cm³/mol. The van der Waals surface area contributed by atoms with Crippen LogP contribution < -0.4 is 15.0 Å². The van der Waals surface area contributed by atoms with Crippen molar-refractivity contribution in [1.82, 2.24) is 19.9 Å². The molecule has 2 N–H and O–H groups in total. The van der Waals surface area contributed by atoms with Gasteiger partial charge in [-0.1, -0.05) is 6.07 Å². The molecule has 1 aromatic carbocycles. The number of benzene rings is 1. The first-order valence-corrected chi connectivity index (χ1v) is 10.1. The van der Waals surface area contributed by atoms with Gasteiger partial charge in [-0.05, 0) is 23.8 Å². The normalized spacial score (nSPS) is 22.8. The Labute approximate surface area is 180 Å². The van der Waals surface area contributed by atoms with E-state index in [2.05, 4.69) is 15.4 Å². The van der Waals surface area contributed by atoms with Gasteiger partial charge in [0.25, 0.3) is 11.8 Å². The minimum atomic E-state index is -3.02. The summed E-state index contributed by atoms with van der Waals surface area (Å²) in [6, 6.07) is 5.24. The van der Waals surface area contributed by atoms with Crippen LogP contribution in [-0.2, 0) is 6.67 Å². The molecule has 3 aromatic rings. The monoisotopic (exact) mass is 447 g/mol. The first kappa shape index (κ1) is 20.6. The van der Waals surface area contributed by atoms with Gasteiger partial charge >= 0.3 is 0 Å². The Morgan fingerprint density at radius 2 is 2.16 bits per heavy atom. The van der Waals surface area contributed by atoms with Gasteiger partial charge in [-0.3, -0.25) is 4.79 Å². The number of hydrogen-bond donors (Lipinski definition) is 2. The van der Waals surface area contributed by atoms with E-state index < -0.39 is 43.6 Å². The van der Waals surface area contributed by atoms with Crippen molar-refractivity contribution in [2.24, 2.45) is 0 Å². The van der Waals surface area contributed by atoms with Crippen LogP contribution in [0, 0.1) is 0 Å². The molecule has 2 aliphatic rings. The fourth-order valence-electron chi connectivity index (χ4n) is 4.14. The molecule has 32 heavy (non-hydrogen) atoms. The molecule has 2 bridgehead atoms. The minimum absolute atomic E-state index is 0.0958. The number of β-amino-alcohol motifs (C(OH)–C–C–N with tert-alkyl or cyclic N) is 1. The van der Waals surface area contributed by atoms with Gasteiger partial charge in [-0.25, -0.2) is 22.7 Å². The van der Waals surface area contributed by atoms with Crippen molar-refractivity contribution in [3.05, 3.63) is 53.3 Å². The van der Waals surface area contributed by atoms with Gasteiger partial charge in [0.15, 0.2) is 5.65 Å². The summed E-state index contributed by atoms with van der Waals surface area (Å²) in [6.07, 6.45) is 1.30. The standard InChI is InChI=1S/C21H20F3N5O3/c22-7-12-1-2-17-14(5-12)16-6-21(23,24)11-28(16)18-3-4-29-19(27-18)15(9-26-29)20(31)25-8-13(30)10-32-17/h1-5,9,13,16,30H,6-8,10-11H2,(H,25,31). The highest BCUT2D eigenvalue weighted by Crippen LogP contribution is 2.46. The first-order chi connectivity index (χ1) is 15.3. The summed E-state index contributed by atoms with van der Waals surface area (Å²) in [5.41, 5.74) is 1.08. The highest BCUT2D eigenvalue weighted by molar-refractivity contribution is 5.99. The molecule has 0 radical (unpaired) electrons. The second-order valence-corrected chi connectivity index (χ2v) is 8.00. The number of ether oxygens (including phenoxy) is 1. The summed E-state index contributed by atoms with van der Waals surface area (Å²) in [7, 11) is 0. The smallest absolute Gasteiger partial charge is 0.267 e. The zero-order valence-corrected chi connectivity index (χ0v) is 16.8. The Morgan fingerprint density at radius 3 is 2.97 bits per heavy atom. The number of hydrogen-bond acceptors (Lipinski definition) is 6. The number of halogens is 3. The number of nitrogens with one attached hydrogen (secondary N) is 1. The summed E-state index contributed by atoms with van der Waals surface area (Å²) in [6.45, 7) is -1.63. The zero-order valence-electron chi connectivity index (χ0n) is 16.8. The van der Waals surface area contributed by atoms with Gasteiger partial charge < -0.3 is 20.1 Å². The lowest BCUT2D eigenvalue weighted by molar-refractivity contribution is 0.0221. The largest absolute Gasteiger partial charge is 0.490 e. The highest BCUT2D eigenvalue weighted by atomic mass is 19.3. The molecule has 168 valence electrons. The number of fused-ring (bicyclic) bond motifs is 5. The van der Waals surface area contributed by atoms with Gasteiger partial charge in [-0.15, -0.1) is 0 Å². The van der Waals surface area contributed by atoms with Crippen LogP contribution in [0.2, 0.25) is 0 Å². The summed E-state index contributed by atoms with van der Waals surface area (Å²) in [5.74, 6) is -3.02. The molecule has 2 atom stereocenters. The summed E-state index contributed by atoms with van der Waals surface area (Å²) < 4.78 is 49.7. The van der Waals surface area contributed by atoms with Crippen LogP contribution in [0.3, 0.4) is 0 Å². The molecule has 2 aromatic heterocycles. The van der Waals surface area contributed by atoms with Gasteiger partial charge in [0.1, 0.15) is 36.5 Å². The fraction of sp³-hybridized carbons (Fsp3) is 0.381. The zero-order chi connectivity index (χ0) is 22.5. The first-order valence-electron chi connectivity index (χ1n) is 10.1. The number of carbonyl (C=O) groups excluding carboxylic acids is 1. The Hall–Kier alpha value is -3.34. The van der Waals surface area contributed by atoms with Gasteiger partial charge in [0, 0.05) is 24.7 Å². The number of aromatic nitrogens is 3. The van der Waals surface area contributed by atoms with Crippen molar-refractivity contribution < 1.29 is 27.8 Å². The molecule has 1 saturated heterocycles. The summed E-state index contributed by atoms with van der Waals surface area (Å²) >= 11 is 0. The van der Waals surface area contributed by atoms with E-state index >= 15 is 0 Å². The third kappa shape index (κ3) is 3.62. The second-order valence-electron chi connectivity index (χ2n) is 8.00. The molecule has 8 nitrogen and oxygen atoms in total. The van der Waals surface area contributed by atoms with Crippen molar-refractivity contribution in [3.63, 3.8) is 0 Å². The third-order valence-corrected chi connectivity index (χ3v) is 5.68. The molecule has 5 rings (SSSR count). The number of anilines is 1. The number of aliphatic hydroxyl groups excluding tert-OH is 1. The molecule has 2 unspecified atom stereocenters. The van der Waals surface area contributed by atoms with E-state index in [1.807, 2.05) is 0 Å². The lowest BCUT2D eigenvalue weighted by atomic mass is 10.00. The Bertz CT molecular complexity index is 1180. The van der Waals surface area contributed by atoms with Crippen LogP contribution in [0.4, 0.5) is 19.0 Å². The summed E-state index contributed by atoms with van der Waals surface area (Å²) in [4.78, 5) is 18.5. The molecule has 0 saturated carbocycles. The quantitative estimate of drug-likeness (QED) is 0.595. The molecule has 1 amide bonds. The van der Waals surface area contributed by atoms with Gasteiger partial charge in [0.05, 0.1) is 18.8 Å². The van der Waals surface area contributed by atoms with E-state index in [9.17, 15) is 23.1 Å². The van der Waals surface area contributed by atoms with E-state index in [0.29, 0.717) is 11.1 Å². The minimum Gasteiger partial charge on any atom is -0.490 e. The molecular weight excluding hydrogens is 427 g/mol. The lowest BCUT2D eigenvalue weighted by Gasteiger charge is -2.27. The van der Waals surface area contributed by atoms with Crippen molar-refractivity contribution in [2.75, 3.05) is 24.6 Å². The van der Waals surface area contributed by atoms with Crippen LogP contribution >= 0.6 is 0 Å². The number of nitrogens with zero attached hydrogens (tertiary/aromatic N) is 4. The molecular formula is C21H20F3N5O3.